The molecule has 0 aliphatic heterocycles. The second-order valence-corrected chi connectivity index (χ2v) is 6.16. The molecule has 0 amide bonds. The average Bonchev–Trinajstić information content (AvgIpc) is 2.63. The van der Waals surface area contributed by atoms with E-state index in [1.54, 1.807) is 6.07 Å². The highest BCUT2D eigenvalue weighted by Crippen LogP contribution is 2.31. The number of benzene rings is 3. The van der Waals surface area contributed by atoms with Crippen molar-refractivity contribution >= 4 is 0 Å². The molecular formula is C23H23F. The Bertz CT molecular complexity index is 819. The zero-order chi connectivity index (χ0) is 16.9. The van der Waals surface area contributed by atoms with Crippen LogP contribution in [0.4, 0.5) is 4.39 Å². The smallest absolute Gasteiger partial charge is 0.131 e. The maximum atomic E-state index is 14.8. The van der Waals surface area contributed by atoms with Crippen molar-refractivity contribution in [3.05, 3.63) is 83.7 Å². The summed E-state index contributed by atoms with van der Waals surface area (Å²) >= 11 is 0. The van der Waals surface area contributed by atoms with Crippen molar-refractivity contribution in [2.45, 2.75) is 33.1 Å². The Morgan fingerprint density at radius 1 is 0.750 bits per heavy atom. The molecule has 0 spiro atoms. The van der Waals surface area contributed by atoms with Gasteiger partial charge in [0.2, 0.25) is 0 Å². The molecule has 3 aromatic carbocycles. The van der Waals surface area contributed by atoms with Crippen LogP contribution in [-0.4, -0.2) is 0 Å². The first kappa shape index (κ1) is 16.4. The molecule has 0 aliphatic rings. The molecule has 0 nitrogen and oxygen atoms in total. The van der Waals surface area contributed by atoms with Crippen LogP contribution in [0.5, 0.6) is 0 Å². The molecule has 1 heteroatoms. The highest BCUT2D eigenvalue weighted by atomic mass is 19.1. The summed E-state index contributed by atoms with van der Waals surface area (Å²) in [6, 6.07) is 21.9. The van der Waals surface area contributed by atoms with Gasteiger partial charge in [-0.2, -0.15) is 0 Å². The second-order valence-electron chi connectivity index (χ2n) is 6.16. The van der Waals surface area contributed by atoms with Crippen LogP contribution in [0.1, 0.15) is 31.4 Å². The Hall–Kier alpha value is -2.41. The number of halogens is 1. The average molecular weight is 318 g/mol. The monoisotopic (exact) mass is 318 g/mol. The van der Waals surface area contributed by atoms with Crippen LogP contribution >= 0.6 is 0 Å². The van der Waals surface area contributed by atoms with Crippen molar-refractivity contribution in [2.75, 3.05) is 0 Å². The normalized spacial score (nSPS) is 10.8. The number of hydrogen-bond donors (Lipinski definition) is 0. The second kappa shape index (κ2) is 7.44. The predicted molar refractivity (Wildman–Crippen MR) is 101 cm³/mol. The van der Waals surface area contributed by atoms with Gasteiger partial charge in [0.1, 0.15) is 5.82 Å². The summed E-state index contributed by atoms with van der Waals surface area (Å²) in [7, 11) is 0. The lowest BCUT2D eigenvalue weighted by Gasteiger charge is -2.12. The Morgan fingerprint density at radius 2 is 1.50 bits per heavy atom. The minimum absolute atomic E-state index is 0.158. The van der Waals surface area contributed by atoms with Gasteiger partial charge < -0.3 is 0 Å². The van der Waals surface area contributed by atoms with E-state index in [1.165, 1.54) is 11.1 Å². The highest BCUT2D eigenvalue weighted by Gasteiger charge is 2.11. The topological polar surface area (TPSA) is 0 Å². The van der Waals surface area contributed by atoms with Gasteiger partial charge in [0, 0.05) is 5.56 Å². The first-order valence-corrected chi connectivity index (χ1v) is 8.70. The summed E-state index contributed by atoms with van der Waals surface area (Å²) in [4.78, 5) is 0. The summed E-state index contributed by atoms with van der Waals surface area (Å²) in [6.07, 6.45) is 3.11. The molecule has 0 radical (unpaired) electrons. The molecule has 24 heavy (non-hydrogen) atoms. The van der Waals surface area contributed by atoms with Crippen molar-refractivity contribution in [2.24, 2.45) is 0 Å². The minimum atomic E-state index is -0.158. The summed E-state index contributed by atoms with van der Waals surface area (Å²) in [6.45, 7) is 4.31. The van der Waals surface area contributed by atoms with Crippen molar-refractivity contribution in [1.82, 2.24) is 0 Å². The zero-order valence-electron chi connectivity index (χ0n) is 14.4. The first-order chi connectivity index (χ1) is 11.7. The molecule has 0 saturated carbocycles. The maximum absolute atomic E-state index is 14.8. The first-order valence-electron chi connectivity index (χ1n) is 8.70. The van der Waals surface area contributed by atoms with E-state index in [9.17, 15) is 4.39 Å². The van der Waals surface area contributed by atoms with Gasteiger partial charge in [0.05, 0.1) is 0 Å². The zero-order valence-corrected chi connectivity index (χ0v) is 14.4. The molecule has 0 aliphatic carbocycles. The number of hydrogen-bond acceptors (Lipinski definition) is 0. The van der Waals surface area contributed by atoms with E-state index in [1.807, 2.05) is 42.5 Å². The summed E-state index contributed by atoms with van der Waals surface area (Å²) < 4.78 is 14.8. The highest BCUT2D eigenvalue weighted by molar-refractivity contribution is 5.73. The van der Waals surface area contributed by atoms with Crippen molar-refractivity contribution in [3.63, 3.8) is 0 Å². The third-order valence-corrected chi connectivity index (χ3v) is 4.46. The van der Waals surface area contributed by atoms with Crippen LogP contribution < -0.4 is 0 Å². The van der Waals surface area contributed by atoms with E-state index < -0.39 is 0 Å². The molecule has 0 aromatic heterocycles. The van der Waals surface area contributed by atoms with Crippen molar-refractivity contribution < 1.29 is 4.39 Å². The standard InChI is InChI=1S/C23H23F/c1-3-8-17-11-13-21(18(4-2)15-17)22-14-12-20(16-23(22)24)19-9-6-5-7-10-19/h5-7,9-16H,3-4,8H2,1-2H3. The lowest BCUT2D eigenvalue weighted by molar-refractivity contribution is 0.631. The van der Waals surface area contributed by atoms with E-state index in [0.717, 1.165) is 36.0 Å². The molecule has 3 rings (SSSR count). The van der Waals surface area contributed by atoms with Crippen LogP contribution in [0.2, 0.25) is 0 Å². The van der Waals surface area contributed by atoms with Crippen LogP contribution in [0.3, 0.4) is 0 Å². The Labute approximate surface area is 144 Å². The lowest BCUT2D eigenvalue weighted by Crippen LogP contribution is -1.94. The molecule has 0 atom stereocenters. The molecule has 0 unspecified atom stereocenters. The van der Waals surface area contributed by atoms with E-state index in [4.69, 9.17) is 0 Å². The van der Waals surface area contributed by atoms with E-state index >= 15 is 0 Å². The quantitative estimate of drug-likeness (QED) is 0.492. The molecule has 122 valence electrons. The van der Waals surface area contributed by atoms with Crippen LogP contribution in [0.15, 0.2) is 66.7 Å². The van der Waals surface area contributed by atoms with Gasteiger partial charge >= 0.3 is 0 Å². The summed E-state index contributed by atoms with van der Waals surface area (Å²) in [5, 5.41) is 0. The Kier molecular flexibility index (Phi) is 5.10. The van der Waals surface area contributed by atoms with Crippen LogP contribution in [0.25, 0.3) is 22.3 Å². The molecule has 3 aromatic rings. The fourth-order valence-electron chi connectivity index (χ4n) is 3.19. The fourth-order valence-corrected chi connectivity index (χ4v) is 3.19. The molecule has 0 fully saturated rings. The van der Waals surface area contributed by atoms with Gasteiger partial charge in [-0.1, -0.05) is 80.9 Å². The van der Waals surface area contributed by atoms with Crippen LogP contribution in [-0.2, 0) is 12.8 Å². The lowest BCUT2D eigenvalue weighted by atomic mass is 9.93. The van der Waals surface area contributed by atoms with Crippen molar-refractivity contribution in [1.29, 1.82) is 0 Å². The maximum Gasteiger partial charge on any atom is 0.131 e. The molecule has 0 bridgehead atoms. The molecule has 0 N–H and O–H groups in total. The molecule has 0 heterocycles. The van der Waals surface area contributed by atoms with Gasteiger partial charge in [-0.05, 0) is 46.7 Å². The van der Waals surface area contributed by atoms with Gasteiger partial charge in [-0.25, -0.2) is 4.39 Å². The van der Waals surface area contributed by atoms with Gasteiger partial charge in [0.15, 0.2) is 0 Å². The van der Waals surface area contributed by atoms with Gasteiger partial charge in [-0.3, -0.25) is 0 Å². The molecular weight excluding hydrogens is 295 g/mol. The van der Waals surface area contributed by atoms with E-state index in [0.29, 0.717) is 5.56 Å². The summed E-state index contributed by atoms with van der Waals surface area (Å²) in [5.74, 6) is -0.158. The minimum Gasteiger partial charge on any atom is -0.206 e. The summed E-state index contributed by atoms with van der Waals surface area (Å²) in [5.41, 5.74) is 6.20. The third-order valence-electron chi connectivity index (χ3n) is 4.46. The Morgan fingerprint density at radius 3 is 2.17 bits per heavy atom. The largest absolute Gasteiger partial charge is 0.206 e. The van der Waals surface area contributed by atoms with Gasteiger partial charge in [0.25, 0.3) is 0 Å². The van der Waals surface area contributed by atoms with Crippen molar-refractivity contribution in [3.8, 4) is 22.3 Å². The van der Waals surface area contributed by atoms with Crippen LogP contribution in [0, 0.1) is 5.82 Å². The van der Waals surface area contributed by atoms with E-state index in [2.05, 4.69) is 32.0 Å². The third kappa shape index (κ3) is 3.41. The number of aryl methyl sites for hydroxylation is 2. The number of rotatable bonds is 5. The van der Waals surface area contributed by atoms with Gasteiger partial charge in [-0.15, -0.1) is 0 Å². The SMILES string of the molecule is CCCc1ccc(-c2ccc(-c3ccccc3)cc2F)c(CC)c1. The van der Waals surface area contributed by atoms with E-state index in [-0.39, 0.29) is 5.82 Å². The predicted octanol–water partition coefficient (Wildman–Crippen LogP) is 6.67. The Balaban J connectivity index is 2.01. The molecule has 0 saturated heterocycles. The fraction of sp³-hybridized carbons (Fsp3) is 0.217.